The van der Waals surface area contributed by atoms with Crippen molar-refractivity contribution in [2.75, 3.05) is 20.7 Å². The number of carbonyl (C=O) groups excluding carboxylic acids is 1. The van der Waals surface area contributed by atoms with Crippen LogP contribution in [-0.4, -0.2) is 37.6 Å². The van der Waals surface area contributed by atoms with Gasteiger partial charge in [-0.2, -0.15) is 0 Å². The van der Waals surface area contributed by atoms with Crippen LogP contribution in [0, 0.1) is 0 Å². The third-order valence-corrected chi connectivity index (χ3v) is 2.55. The van der Waals surface area contributed by atoms with Crippen molar-refractivity contribution in [3.63, 3.8) is 0 Å². The van der Waals surface area contributed by atoms with E-state index in [9.17, 15) is 4.79 Å². The summed E-state index contributed by atoms with van der Waals surface area (Å²) in [7, 11) is 3.43. The quantitative estimate of drug-likeness (QED) is 0.594. The van der Waals surface area contributed by atoms with E-state index < -0.39 is 0 Å². The van der Waals surface area contributed by atoms with Crippen molar-refractivity contribution in [1.82, 2.24) is 4.90 Å². The lowest BCUT2D eigenvalue weighted by Crippen LogP contribution is -2.34. The van der Waals surface area contributed by atoms with Crippen LogP contribution in [0.15, 0.2) is 0 Å². The molecule has 0 atom stereocenters. The van der Waals surface area contributed by atoms with Crippen LogP contribution in [0.1, 0.15) is 25.7 Å². The number of rotatable bonds is 3. The van der Waals surface area contributed by atoms with Crippen molar-refractivity contribution >= 4 is 5.97 Å². The fraction of sp³-hybridized carbons (Fsp3) is 0.889. The summed E-state index contributed by atoms with van der Waals surface area (Å²) in [6.45, 7) is 0.432. The van der Waals surface area contributed by atoms with Crippen LogP contribution in [0.4, 0.5) is 0 Å². The van der Waals surface area contributed by atoms with Crippen molar-refractivity contribution in [2.24, 2.45) is 0 Å². The summed E-state index contributed by atoms with van der Waals surface area (Å²) in [5.74, 6) is -0.135. The van der Waals surface area contributed by atoms with Crippen molar-refractivity contribution < 1.29 is 9.53 Å². The molecule has 0 heterocycles. The Labute approximate surface area is 73.7 Å². The molecule has 0 unspecified atom stereocenters. The number of esters is 1. The normalized spacial score (nSPS) is 18.6. The molecule has 0 spiro atoms. The summed E-state index contributed by atoms with van der Waals surface area (Å²) in [6, 6.07) is 0.601. The maximum atomic E-state index is 10.9. The number of likely N-dealkylation sites (N-methyl/N-ethyl adjacent to an activating group) is 1. The number of nitrogens with zero attached hydrogens (tertiary/aromatic N) is 1. The van der Waals surface area contributed by atoms with Gasteiger partial charge >= 0.3 is 5.97 Å². The van der Waals surface area contributed by atoms with E-state index in [1.54, 1.807) is 0 Å². The molecule has 0 N–H and O–H groups in total. The summed E-state index contributed by atoms with van der Waals surface area (Å²) in [6.07, 6.45) is 5.06. The maximum absolute atomic E-state index is 10.9. The van der Waals surface area contributed by atoms with Gasteiger partial charge in [0.05, 0.1) is 13.7 Å². The van der Waals surface area contributed by atoms with Gasteiger partial charge in [-0.05, 0) is 19.9 Å². The van der Waals surface area contributed by atoms with Gasteiger partial charge in [-0.25, -0.2) is 0 Å². The summed E-state index contributed by atoms with van der Waals surface area (Å²) < 4.78 is 4.60. The summed E-state index contributed by atoms with van der Waals surface area (Å²) in [5, 5.41) is 0. The molecular weight excluding hydrogens is 154 g/mol. The van der Waals surface area contributed by atoms with Gasteiger partial charge in [0.25, 0.3) is 0 Å². The minimum Gasteiger partial charge on any atom is -0.468 e. The van der Waals surface area contributed by atoms with Gasteiger partial charge in [-0.15, -0.1) is 0 Å². The molecule has 0 aliphatic heterocycles. The lowest BCUT2D eigenvalue weighted by atomic mass is 10.2. The molecule has 1 aliphatic rings. The van der Waals surface area contributed by atoms with Crippen LogP contribution >= 0.6 is 0 Å². The molecule has 3 heteroatoms. The number of methoxy groups -OCH3 is 1. The molecule has 0 radical (unpaired) electrons. The third-order valence-electron chi connectivity index (χ3n) is 2.55. The van der Waals surface area contributed by atoms with Crippen molar-refractivity contribution in [3.05, 3.63) is 0 Å². The molecule has 0 aromatic heterocycles. The molecule has 0 bridgehead atoms. The zero-order valence-corrected chi connectivity index (χ0v) is 7.88. The van der Waals surface area contributed by atoms with Gasteiger partial charge in [-0.1, -0.05) is 12.8 Å². The number of hydrogen-bond acceptors (Lipinski definition) is 3. The number of hydrogen-bond donors (Lipinski definition) is 0. The molecule has 1 saturated carbocycles. The molecule has 1 rings (SSSR count). The van der Waals surface area contributed by atoms with Gasteiger partial charge < -0.3 is 4.74 Å². The second kappa shape index (κ2) is 4.45. The van der Waals surface area contributed by atoms with Gasteiger partial charge in [0.15, 0.2) is 0 Å². The number of carbonyl (C=O) groups is 1. The molecule has 70 valence electrons. The highest BCUT2D eigenvalue weighted by Crippen LogP contribution is 2.21. The average molecular weight is 171 g/mol. The largest absolute Gasteiger partial charge is 0.468 e. The lowest BCUT2D eigenvalue weighted by molar-refractivity contribution is -0.142. The molecule has 1 fully saturated rings. The Kier molecular flexibility index (Phi) is 3.53. The number of ether oxygens (including phenoxy) is 1. The predicted molar refractivity (Wildman–Crippen MR) is 46.9 cm³/mol. The van der Waals surface area contributed by atoms with E-state index in [4.69, 9.17) is 0 Å². The highest BCUT2D eigenvalue weighted by Gasteiger charge is 2.20. The second-order valence-corrected chi connectivity index (χ2v) is 3.43. The van der Waals surface area contributed by atoms with Crippen LogP contribution in [0.2, 0.25) is 0 Å². The SMILES string of the molecule is COC(=O)CN(C)C1CCCC1. The molecular formula is C9H17NO2. The first-order valence-electron chi connectivity index (χ1n) is 4.51. The molecule has 0 amide bonds. The zero-order valence-electron chi connectivity index (χ0n) is 7.88. The second-order valence-electron chi connectivity index (χ2n) is 3.43. The Morgan fingerprint density at radius 3 is 2.58 bits per heavy atom. The predicted octanol–water partition coefficient (Wildman–Crippen LogP) is 1.03. The van der Waals surface area contributed by atoms with Gasteiger partial charge in [0, 0.05) is 6.04 Å². The van der Waals surface area contributed by atoms with E-state index in [1.807, 2.05) is 7.05 Å². The van der Waals surface area contributed by atoms with Crippen molar-refractivity contribution in [3.8, 4) is 0 Å². The van der Waals surface area contributed by atoms with E-state index >= 15 is 0 Å². The van der Waals surface area contributed by atoms with E-state index in [0.29, 0.717) is 12.6 Å². The first-order valence-corrected chi connectivity index (χ1v) is 4.51. The maximum Gasteiger partial charge on any atom is 0.319 e. The standard InChI is InChI=1S/C9H17NO2/c1-10(7-9(11)12-2)8-5-3-4-6-8/h8H,3-7H2,1-2H3. The molecule has 1 aliphatic carbocycles. The first-order chi connectivity index (χ1) is 5.74. The Morgan fingerprint density at radius 1 is 1.50 bits per heavy atom. The zero-order chi connectivity index (χ0) is 8.97. The van der Waals surface area contributed by atoms with Crippen LogP contribution < -0.4 is 0 Å². The smallest absolute Gasteiger partial charge is 0.319 e. The topological polar surface area (TPSA) is 29.5 Å². The van der Waals surface area contributed by atoms with Gasteiger partial charge in [-0.3, -0.25) is 9.69 Å². The fourth-order valence-electron chi connectivity index (χ4n) is 1.74. The van der Waals surface area contributed by atoms with E-state index in [1.165, 1.54) is 32.8 Å². The van der Waals surface area contributed by atoms with Crippen LogP contribution in [0.25, 0.3) is 0 Å². The fourth-order valence-corrected chi connectivity index (χ4v) is 1.74. The molecule has 0 saturated heterocycles. The van der Waals surface area contributed by atoms with E-state index in [2.05, 4.69) is 9.64 Å². The lowest BCUT2D eigenvalue weighted by Gasteiger charge is -2.22. The Hall–Kier alpha value is -0.570. The summed E-state index contributed by atoms with van der Waals surface area (Å²) in [4.78, 5) is 13.0. The highest BCUT2D eigenvalue weighted by atomic mass is 16.5. The monoisotopic (exact) mass is 171 g/mol. The molecule has 3 nitrogen and oxygen atoms in total. The molecule has 12 heavy (non-hydrogen) atoms. The summed E-state index contributed by atoms with van der Waals surface area (Å²) >= 11 is 0. The van der Waals surface area contributed by atoms with Crippen LogP contribution in [-0.2, 0) is 9.53 Å². The Morgan fingerprint density at radius 2 is 2.08 bits per heavy atom. The van der Waals surface area contributed by atoms with E-state index in [0.717, 1.165) is 0 Å². The molecule has 0 aromatic rings. The third kappa shape index (κ3) is 2.48. The Balaban J connectivity index is 2.26. The molecule has 0 aromatic carbocycles. The van der Waals surface area contributed by atoms with Crippen molar-refractivity contribution in [1.29, 1.82) is 0 Å². The van der Waals surface area contributed by atoms with Crippen molar-refractivity contribution in [2.45, 2.75) is 31.7 Å². The van der Waals surface area contributed by atoms with Gasteiger partial charge in [0.2, 0.25) is 0 Å². The Bertz CT molecular complexity index is 153. The highest BCUT2D eigenvalue weighted by molar-refractivity contribution is 5.71. The van der Waals surface area contributed by atoms with E-state index in [-0.39, 0.29) is 5.97 Å². The minimum atomic E-state index is -0.135. The van der Waals surface area contributed by atoms with Gasteiger partial charge in [0.1, 0.15) is 0 Å². The van der Waals surface area contributed by atoms with Crippen LogP contribution in [0.3, 0.4) is 0 Å². The average Bonchev–Trinajstić information content (AvgIpc) is 2.56. The van der Waals surface area contributed by atoms with Crippen LogP contribution in [0.5, 0.6) is 0 Å². The first kappa shape index (κ1) is 9.52. The minimum absolute atomic E-state index is 0.135. The summed E-state index contributed by atoms with van der Waals surface area (Å²) in [5.41, 5.74) is 0.